The van der Waals surface area contributed by atoms with Crippen molar-refractivity contribution in [1.82, 2.24) is 0 Å². The first-order chi connectivity index (χ1) is 8.72. The summed E-state index contributed by atoms with van der Waals surface area (Å²) >= 11 is 0. The number of hydrogen-bond acceptors (Lipinski definition) is 3. The molecule has 1 aromatic rings. The van der Waals surface area contributed by atoms with E-state index in [0.29, 0.717) is 6.42 Å². The summed E-state index contributed by atoms with van der Waals surface area (Å²) in [7, 11) is 3.12. The summed E-state index contributed by atoms with van der Waals surface area (Å²) in [6.45, 7) is 1.66. The Morgan fingerprint density at radius 2 is 1.83 bits per heavy atom. The lowest BCUT2D eigenvalue weighted by Gasteiger charge is -2.19. The van der Waals surface area contributed by atoms with Gasteiger partial charge in [0.1, 0.15) is 0 Å². The Bertz CT molecular complexity index is 424. The Labute approximate surface area is 108 Å². The van der Waals surface area contributed by atoms with Crippen LogP contribution in [0.1, 0.15) is 24.8 Å². The molecule has 0 amide bonds. The molecule has 1 rings (SSSR count). The second-order valence-electron chi connectivity index (χ2n) is 3.84. The van der Waals surface area contributed by atoms with E-state index in [9.17, 15) is 4.79 Å². The van der Waals surface area contributed by atoms with Crippen LogP contribution in [0.15, 0.2) is 30.3 Å². The quantitative estimate of drug-likeness (QED) is 0.439. The van der Waals surface area contributed by atoms with Crippen molar-refractivity contribution in [3.05, 3.63) is 35.9 Å². The normalized spacial score (nSPS) is 11.8. The average molecular weight is 246 g/mol. The molecule has 18 heavy (non-hydrogen) atoms. The minimum atomic E-state index is -0.405. The number of ether oxygens (including phenoxy) is 2. The lowest BCUT2D eigenvalue weighted by atomic mass is 9.91. The minimum Gasteiger partial charge on any atom is -0.356 e. The molecule has 0 saturated carbocycles. The van der Waals surface area contributed by atoms with Gasteiger partial charge in [0.15, 0.2) is 6.29 Å². The van der Waals surface area contributed by atoms with Crippen LogP contribution in [0.3, 0.4) is 0 Å². The molecule has 96 valence electrons. The van der Waals surface area contributed by atoms with Crippen LogP contribution in [0.4, 0.5) is 0 Å². The third-order valence-electron chi connectivity index (χ3n) is 2.72. The fourth-order valence-electron chi connectivity index (χ4n) is 1.77. The van der Waals surface area contributed by atoms with Crippen LogP contribution in [0.2, 0.25) is 0 Å². The Hall–Kier alpha value is -1.63. The van der Waals surface area contributed by atoms with Crippen molar-refractivity contribution in [3.8, 4) is 11.8 Å². The summed E-state index contributed by atoms with van der Waals surface area (Å²) < 4.78 is 10.3. The number of carbonyl (C=O) groups excluding carboxylic acids is 1. The van der Waals surface area contributed by atoms with E-state index >= 15 is 0 Å². The van der Waals surface area contributed by atoms with Gasteiger partial charge in [-0.15, -0.1) is 0 Å². The number of rotatable bonds is 6. The number of ketones is 1. The minimum absolute atomic E-state index is 0.109. The first-order valence-electron chi connectivity index (χ1n) is 5.80. The van der Waals surface area contributed by atoms with Crippen LogP contribution in [0, 0.1) is 11.8 Å². The van der Waals surface area contributed by atoms with Crippen LogP contribution in [-0.4, -0.2) is 26.3 Å². The highest BCUT2D eigenvalue weighted by molar-refractivity contribution is 6.00. The highest BCUT2D eigenvalue weighted by atomic mass is 16.7. The molecule has 0 spiro atoms. The molecule has 1 aromatic carbocycles. The van der Waals surface area contributed by atoms with E-state index < -0.39 is 6.29 Å². The van der Waals surface area contributed by atoms with Gasteiger partial charge >= 0.3 is 0 Å². The maximum Gasteiger partial charge on any atom is 0.213 e. The largest absolute Gasteiger partial charge is 0.356 e. The molecular formula is C15H18O3. The summed E-state index contributed by atoms with van der Waals surface area (Å²) in [5, 5.41) is 0. The first-order valence-corrected chi connectivity index (χ1v) is 5.80. The molecule has 0 heterocycles. The van der Waals surface area contributed by atoms with E-state index in [0.717, 1.165) is 5.56 Å². The Morgan fingerprint density at radius 1 is 1.22 bits per heavy atom. The maximum atomic E-state index is 12.0. The van der Waals surface area contributed by atoms with E-state index in [4.69, 9.17) is 9.47 Å². The third-order valence-corrected chi connectivity index (χ3v) is 2.72. The summed E-state index contributed by atoms with van der Waals surface area (Å²) in [6, 6.07) is 9.57. The number of hydrogen-bond donors (Lipinski definition) is 0. The van der Waals surface area contributed by atoms with Crippen LogP contribution < -0.4 is 0 Å². The highest BCUT2D eigenvalue weighted by Gasteiger charge is 2.23. The fraction of sp³-hybridized carbons (Fsp3) is 0.400. The molecule has 3 heteroatoms. The molecular weight excluding hydrogens is 228 g/mol. The van der Waals surface area contributed by atoms with Crippen LogP contribution >= 0.6 is 0 Å². The van der Waals surface area contributed by atoms with E-state index in [1.165, 1.54) is 0 Å². The molecule has 0 N–H and O–H groups in total. The van der Waals surface area contributed by atoms with Crippen molar-refractivity contribution in [2.75, 3.05) is 14.2 Å². The first kappa shape index (κ1) is 14.4. The Kier molecular flexibility index (Phi) is 6.13. The van der Waals surface area contributed by atoms with E-state index in [2.05, 4.69) is 11.8 Å². The van der Waals surface area contributed by atoms with Crippen LogP contribution in [0.5, 0.6) is 0 Å². The van der Waals surface area contributed by atoms with Crippen molar-refractivity contribution >= 4 is 5.78 Å². The van der Waals surface area contributed by atoms with Gasteiger partial charge in [-0.25, -0.2) is 0 Å². The molecule has 0 aliphatic rings. The highest BCUT2D eigenvalue weighted by Crippen LogP contribution is 2.23. The van der Waals surface area contributed by atoms with Crippen molar-refractivity contribution in [2.45, 2.75) is 25.6 Å². The standard InChI is InChI=1S/C15H18O3/c1-4-8-14(16)13(11-15(17-2)18-3)12-9-6-5-7-10-12/h5-7,9-10,13,15H,11H2,1-3H3. The van der Waals surface area contributed by atoms with Crippen LogP contribution in [-0.2, 0) is 14.3 Å². The van der Waals surface area contributed by atoms with Gasteiger partial charge in [-0.2, -0.15) is 0 Å². The second-order valence-corrected chi connectivity index (χ2v) is 3.84. The van der Waals surface area contributed by atoms with Gasteiger partial charge in [0.05, 0.1) is 5.92 Å². The summed E-state index contributed by atoms with van der Waals surface area (Å²) in [6.07, 6.45) is 0.0580. The molecule has 0 aliphatic heterocycles. The number of Topliss-reactive ketones (excluding diaryl/α,β-unsaturated/α-hetero) is 1. The Morgan fingerprint density at radius 3 is 2.33 bits per heavy atom. The molecule has 0 aromatic heterocycles. The van der Waals surface area contributed by atoms with E-state index in [1.54, 1.807) is 21.1 Å². The monoisotopic (exact) mass is 246 g/mol. The van der Waals surface area contributed by atoms with Gasteiger partial charge < -0.3 is 9.47 Å². The molecule has 0 fully saturated rings. The second kappa shape index (κ2) is 7.65. The lowest BCUT2D eigenvalue weighted by molar-refractivity contribution is -0.126. The predicted molar refractivity (Wildman–Crippen MR) is 70.1 cm³/mol. The smallest absolute Gasteiger partial charge is 0.213 e. The van der Waals surface area contributed by atoms with Gasteiger partial charge in [0.25, 0.3) is 0 Å². The topological polar surface area (TPSA) is 35.5 Å². The fourth-order valence-corrected chi connectivity index (χ4v) is 1.77. The zero-order valence-electron chi connectivity index (χ0n) is 11.0. The van der Waals surface area contributed by atoms with Gasteiger partial charge in [-0.3, -0.25) is 4.79 Å². The maximum absolute atomic E-state index is 12.0. The summed E-state index contributed by atoms with van der Waals surface area (Å²) in [5.74, 6) is 4.82. The molecule has 0 aliphatic carbocycles. The van der Waals surface area contributed by atoms with Gasteiger partial charge in [0.2, 0.25) is 5.78 Å². The SMILES string of the molecule is CC#CC(=O)C(CC(OC)OC)c1ccccc1. The molecule has 0 saturated heterocycles. The number of carbonyl (C=O) groups is 1. The van der Waals surface area contributed by atoms with Crippen molar-refractivity contribution in [2.24, 2.45) is 0 Å². The van der Waals surface area contributed by atoms with Gasteiger partial charge in [-0.05, 0) is 18.4 Å². The number of methoxy groups -OCH3 is 2. The zero-order chi connectivity index (χ0) is 13.4. The predicted octanol–water partition coefficient (Wildman–Crippen LogP) is 2.37. The van der Waals surface area contributed by atoms with E-state index in [1.807, 2.05) is 30.3 Å². The van der Waals surface area contributed by atoms with Crippen molar-refractivity contribution in [3.63, 3.8) is 0 Å². The third kappa shape index (κ3) is 3.99. The lowest BCUT2D eigenvalue weighted by Crippen LogP contribution is -2.21. The molecule has 0 radical (unpaired) electrons. The average Bonchev–Trinajstić information content (AvgIpc) is 2.41. The Balaban J connectivity index is 2.94. The van der Waals surface area contributed by atoms with E-state index in [-0.39, 0.29) is 11.7 Å². The van der Waals surface area contributed by atoms with Gasteiger partial charge in [0, 0.05) is 20.6 Å². The zero-order valence-corrected chi connectivity index (χ0v) is 11.0. The van der Waals surface area contributed by atoms with Crippen molar-refractivity contribution < 1.29 is 14.3 Å². The van der Waals surface area contributed by atoms with Crippen LogP contribution in [0.25, 0.3) is 0 Å². The molecule has 0 bridgehead atoms. The summed E-state index contributed by atoms with van der Waals surface area (Å²) in [4.78, 5) is 12.0. The number of benzene rings is 1. The molecule has 1 unspecified atom stereocenters. The summed E-state index contributed by atoms with van der Waals surface area (Å²) in [5.41, 5.74) is 0.935. The van der Waals surface area contributed by atoms with Gasteiger partial charge in [-0.1, -0.05) is 36.3 Å². The molecule has 1 atom stereocenters. The van der Waals surface area contributed by atoms with Crippen molar-refractivity contribution in [1.29, 1.82) is 0 Å². The molecule has 3 nitrogen and oxygen atoms in total.